The van der Waals surface area contributed by atoms with Crippen LogP contribution in [0.3, 0.4) is 0 Å². The molecule has 208 valence electrons. The molecule has 3 aromatic carbocycles. The summed E-state index contributed by atoms with van der Waals surface area (Å²) in [5.74, 6) is -0.295. The van der Waals surface area contributed by atoms with Crippen LogP contribution in [0.4, 0.5) is 5.69 Å². The number of anilines is 1. The Kier molecular flexibility index (Phi) is 10.5. The number of halogens is 1. The highest BCUT2D eigenvalue weighted by molar-refractivity contribution is 9.10. The first-order valence-electron chi connectivity index (χ1n) is 12.6. The molecule has 0 saturated heterocycles. The highest BCUT2D eigenvalue weighted by Crippen LogP contribution is 2.31. The van der Waals surface area contributed by atoms with Crippen molar-refractivity contribution in [3.8, 4) is 5.75 Å². The van der Waals surface area contributed by atoms with E-state index in [1.165, 1.54) is 31.2 Å². The third-order valence-electron chi connectivity index (χ3n) is 6.43. The molecule has 0 aliphatic rings. The zero-order valence-electron chi connectivity index (χ0n) is 22.6. The molecule has 3 aromatic rings. The number of benzene rings is 3. The van der Waals surface area contributed by atoms with Crippen molar-refractivity contribution in [3.63, 3.8) is 0 Å². The fraction of sp³-hybridized carbons (Fsp3) is 0.310. The van der Waals surface area contributed by atoms with E-state index in [9.17, 15) is 18.0 Å². The number of rotatable bonds is 12. The molecule has 0 spiro atoms. The van der Waals surface area contributed by atoms with E-state index in [1.807, 2.05) is 44.2 Å². The summed E-state index contributed by atoms with van der Waals surface area (Å²) in [7, 11) is -1.15. The molecule has 1 atom stereocenters. The fourth-order valence-electron chi connectivity index (χ4n) is 4.24. The van der Waals surface area contributed by atoms with Gasteiger partial charge in [-0.2, -0.15) is 0 Å². The monoisotopic (exact) mass is 615 g/mol. The standard InChI is InChI=1S/C29H34BrN3O5S/c1-5-26(29(35)31-3)32(18-17-22-9-7-6-8-10-22)28(34)20-33(23-13-11-21(2)12-14-23)39(36,37)24-15-16-27(38-4)25(30)19-24/h6-16,19,26H,5,17-18,20H2,1-4H3,(H,31,35). The summed E-state index contributed by atoms with van der Waals surface area (Å²) in [6.07, 6.45) is 0.895. The van der Waals surface area contributed by atoms with Gasteiger partial charge in [-0.25, -0.2) is 8.42 Å². The number of likely N-dealkylation sites (N-methyl/N-ethyl adjacent to an activating group) is 1. The van der Waals surface area contributed by atoms with Gasteiger partial charge in [-0.05, 0) is 71.6 Å². The zero-order chi connectivity index (χ0) is 28.6. The molecule has 0 radical (unpaired) electrons. The summed E-state index contributed by atoms with van der Waals surface area (Å²) in [6, 6.07) is 20.3. The van der Waals surface area contributed by atoms with Crippen LogP contribution < -0.4 is 14.4 Å². The van der Waals surface area contributed by atoms with Crippen LogP contribution in [0.25, 0.3) is 0 Å². The molecule has 10 heteroatoms. The molecule has 8 nitrogen and oxygen atoms in total. The quantitative estimate of drug-likeness (QED) is 0.322. The van der Waals surface area contributed by atoms with Crippen molar-refractivity contribution in [2.45, 2.75) is 37.6 Å². The summed E-state index contributed by atoms with van der Waals surface area (Å²) >= 11 is 3.36. The van der Waals surface area contributed by atoms with E-state index >= 15 is 0 Å². The van der Waals surface area contributed by atoms with Crippen molar-refractivity contribution in [3.05, 3.63) is 88.4 Å². The largest absolute Gasteiger partial charge is 0.496 e. The van der Waals surface area contributed by atoms with Gasteiger partial charge in [-0.1, -0.05) is 55.0 Å². The molecular weight excluding hydrogens is 582 g/mol. The molecule has 0 saturated carbocycles. The summed E-state index contributed by atoms with van der Waals surface area (Å²) in [5.41, 5.74) is 2.30. The average molecular weight is 617 g/mol. The number of hydrogen-bond acceptors (Lipinski definition) is 5. The Morgan fingerprint density at radius 2 is 1.69 bits per heavy atom. The Labute approximate surface area is 239 Å². The van der Waals surface area contributed by atoms with E-state index in [4.69, 9.17) is 4.74 Å². The summed E-state index contributed by atoms with van der Waals surface area (Å²) in [6.45, 7) is 3.50. The molecule has 0 aromatic heterocycles. The normalized spacial score (nSPS) is 11.9. The number of nitrogens with zero attached hydrogens (tertiary/aromatic N) is 2. The van der Waals surface area contributed by atoms with Crippen LogP contribution in [0, 0.1) is 6.92 Å². The lowest BCUT2D eigenvalue weighted by atomic mass is 10.1. The van der Waals surface area contributed by atoms with Crippen molar-refractivity contribution >= 4 is 43.5 Å². The summed E-state index contributed by atoms with van der Waals surface area (Å²) < 4.78 is 34.7. The first-order chi connectivity index (χ1) is 18.6. The zero-order valence-corrected chi connectivity index (χ0v) is 25.0. The molecule has 0 aliphatic heterocycles. The van der Waals surface area contributed by atoms with Crippen LogP contribution in [-0.2, 0) is 26.0 Å². The lowest BCUT2D eigenvalue weighted by Crippen LogP contribution is -2.52. The SMILES string of the molecule is CCC(C(=O)NC)N(CCc1ccccc1)C(=O)CN(c1ccc(C)cc1)S(=O)(=O)c1ccc(OC)c(Br)c1. The van der Waals surface area contributed by atoms with E-state index in [0.717, 1.165) is 15.4 Å². The van der Waals surface area contributed by atoms with E-state index in [1.54, 1.807) is 30.3 Å². The van der Waals surface area contributed by atoms with E-state index < -0.39 is 28.5 Å². The van der Waals surface area contributed by atoms with E-state index in [-0.39, 0.29) is 17.3 Å². The maximum Gasteiger partial charge on any atom is 0.264 e. The highest BCUT2D eigenvalue weighted by Gasteiger charge is 2.33. The van der Waals surface area contributed by atoms with E-state index in [0.29, 0.717) is 28.8 Å². The first kappa shape index (κ1) is 30.2. The fourth-order valence-corrected chi connectivity index (χ4v) is 6.37. The number of amides is 2. The smallest absolute Gasteiger partial charge is 0.264 e. The van der Waals surface area contributed by atoms with E-state index in [2.05, 4.69) is 21.2 Å². The molecule has 3 rings (SSSR count). The van der Waals surface area contributed by atoms with Crippen LogP contribution in [0.15, 0.2) is 82.2 Å². The third kappa shape index (κ3) is 7.39. The molecule has 1 N–H and O–H groups in total. The van der Waals surface area contributed by atoms with Crippen molar-refractivity contribution in [1.82, 2.24) is 10.2 Å². The van der Waals surface area contributed by atoms with Gasteiger partial charge >= 0.3 is 0 Å². The maximum atomic E-state index is 14.0. The van der Waals surface area contributed by atoms with Gasteiger partial charge in [0.1, 0.15) is 18.3 Å². The van der Waals surface area contributed by atoms with Crippen LogP contribution in [0.2, 0.25) is 0 Å². The average Bonchev–Trinajstić information content (AvgIpc) is 2.94. The van der Waals surface area contributed by atoms with Gasteiger partial charge in [-0.3, -0.25) is 13.9 Å². The molecule has 2 amide bonds. The second-order valence-electron chi connectivity index (χ2n) is 9.00. The van der Waals surface area contributed by atoms with Crippen molar-refractivity contribution in [2.75, 3.05) is 31.6 Å². The Morgan fingerprint density at radius 1 is 1.03 bits per heavy atom. The van der Waals surface area contributed by atoms with Gasteiger partial charge in [0, 0.05) is 13.6 Å². The van der Waals surface area contributed by atoms with Crippen LogP contribution in [0.1, 0.15) is 24.5 Å². The van der Waals surface area contributed by atoms with Crippen LogP contribution in [0.5, 0.6) is 5.75 Å². The predicted octanol–water partition coefficient (Wildman–Crippen LogP) is 4.56. The maximum absolute atomic E-state index is 14.0. The van der Waals surface area contributed by atoms with Gasteiger partial charge < -0.3 is 15.0 Å². The number of carbonyl (C=O) groups excluding carboxylic acids is 2. The minimum atomic E-state index is -4.17. The van der Waals surface area contributed by atoms with Crippen LogP contribution in [-0.4, -0.2) is 58.4 Å². The number of nitrogens with one attached hydrogen (secondary N) is 1. The summed E-state index contributed by atoms with van der Waals surface area (Å²) in [5, 5.41) is 2.63. The molecule has 39 heavy (non-hydrogen) atoms. The number of hydrogen-bond donors (Lipinski definition) is 1. The number of carbonyl (C=O) groups is 2. The predicted molar refractivity (Wildman–Crippen MR) is 156 cm³/mol. The molecule has 0 aliphatic carbocycles. The van der Waals surface area contributed by atoms with Gasteiger partial charge in [0.25, 0.3) is 10.0 Å². The number of methoxy groups -OCH3 is 1. The Morgan fingerprint density at radius 3 is 2.26 bits per heavy atom. The van der Waals surface area contributed by atoms with Gasteiger partial charge in [-0.15, -0.1) is 0 Å². The van der Waals surface area contributed by atoms with Crippen LogP contribution >= 0.6 is 15.9 Å². The Hall–Kier alpha value is -3.37. The second-order valence-corrected chi connectivity index (χ2v) is 11.7. The Balaban J connectivity index is 2.02. The summed E-state index contributed by atoms with van der Waals surface area (Å²) in [4.78, 5) is 28.1. The number of aryl methyl sites for hydroxylation is 1. The minimum absolute atomic E-state index is 0.00210. The topological polar surface area (TPSA) is 96.0 Å². The van der Waals surface area contributed by atoms with Gasteiger partial charge in [0.05, 0.1) is 22.2 Å². The van der Waals surface area contributed by atoms with Gasteiger partial charge in [0.2, 0.25) is 11.8 Å². The third-order valence-corrected chi connectivity index (χ3v) is 8.82. The molecule has 0 heterocycles. The second kappa shape index (κ2) is 13.6. The Bertz CT molecular complexity index is 1380. The number of sulfonamides is 1. The van der Waals surface area contributed by atoms with Crippen molar-refractivity contribution < 1.29 is 22.7 Å². The van der Waals surface area contributed by atoms with Crippen molar-refractivity contribution in [1.29, 1.82) is 0 Å². The molecule has 0 fully saturated rings. The lowest BCUT2D eigenvalue weighted by molar-refractivity contribution is -0.139. The molecule has 0 bridgehead atoms. The number of ether oxygens (including phenoxy) is 1. The van der Waals surface area contributed by atoms with Gasteiger partial charge in [0.15, 0.2) is 0 Å². The molecule has 1 unspecified atom stereocenters. The lowest BCUT2D eigenvalue weighted by Gasteiger charge is -2.33. The van der Waals surface area contributed by atoms with Crippen molar-refractivity contribution in [2.24, 2.45) is 0 Å². The first-order valence-corrected chi connectivity index (χ1v) is 14.8. The highest BCUT2D eigenvalue weighted by atomic mass is 79.9. The molecular formula is C29H34BrN3O5S. The minimum Gasteiger partial charge on any atom is -0.496 e.